The Morgan fingerprint density at radius 2 is 2.22 bits per heavy atom. The van der Waals surface area contributed by atoms with E-state index in [4.69, 9.17) is 23.2 Å². The van der Waals surface area contributed by atoms with Crippen molar-refractivity contribution >= 4 is 23.2 Å². The van der Waals surface area contributed by atoms with Gasteiger partial charge in [-0.25, -0.2) is 9.37 Å². The molecule has 1 aromatic rings. The molecule has 0 aliphatic heterocycles. The maximum atomic E-state index is 12.2. The van der Waals surface area contributed by atoms with Gasteiger partial charge in [0.2, 0.25) is 0 Å². The summed E-state index contributed by atoms with van der Waals surface area (Å²) in [6.45, 7) is 0. The molecule has 1 nitrogen and oxygen atoms in total. The molecule has 0 unspecified atom stereocenters. The molecule has 4 heteroatoms. The molecule has 0 amide bonds. The highest BCUT2D eigenvalue weighted by Crippen LogP contribution is 2.13. The summed E-state index contributed by atoms with van der Waals surface area (Å²) >= 11 is 10.5. The lowest BCUT2D eigenvalue weighted by atomic mass is 10.5. The second-order valence-corrected chi connectivity index (χ2v) is 2.05. The lowest BCUT2D eigenvalue weighted by Gasteiger charge is -1.89. The summed E-state index contributed by atoms with van der Waals surface area (Å²) in [5, 5.41) is -0.153. The molecule has 1 aromatic heterocycles. The van der Waals surface area contributed by atoms with Crippen molar-refractivity contribution < 1.29 is 4.39 Å². The second-order valence-electron chi connectivity index (χ2n) is 1.33. The minimum atomic E-state index is -0.610. The summed E-state index contributed by atoms with van der Waals surface area (Å²) in [6.07, 6.45) is 0. The van der Waals surface area contributed by atoms with Gasteiger partial charge in [0.05, 0.1) is 0 Å². The zero-order valence-electron chi connectivity index (χ0n) is 4.16. The van der Waals surface area contributed by atoms with Crippen molar-refractivity contribution in [3.63, 3.8) is 0 Å². The molecule has 0 aromatic carbocycles. The zero-order chi connectivity index (χ0) is 6.85. The molecule has 0 saturated heterocycles. The molecule has 0 atom stereocenters. The maximum absolute atomic E-state index is 12.2. The first-order chi connectivity index (χ1) is 4.20. The van der Waals surface area contributed by atoms with Gasteiger partial charge in [-0.1, -0.05) is 23.2 Å². The Morgan fingerprint density at radius 1 is 1.56 bits per heavy atom. The van der Waals surface area contributed by atoms with Gasteiger partial charge < -0.3 is 0 Å². The van der Waals surface area contributed by atoms with Crippen LogP contribution in [0.25, 0.3) is 0 Å². The van der Waals surface area contributed by atoms with Gasteiger partial charge in [-0.05, 0) is 6.07 Å². The van der Waals surface area contributed by atoms with Gasteiger partial charge in [0, 0.05) is 6.07 Å². The van der Waals surface area contributed by atoms with Crippen LogP contribution in [-0.2, 0) is 0 Å². The number of nitrogens with zero attached hydrogens (tertiary/aromatic N) is 1. The number of aromatic nitrogens is 1. The van der Waals surface area contributed by atoms with E-state index < -0.39 is 5.82 Å². The van der Waals surface area contributed by atoms with Gasteiger partial charge in [0.1, 0.15) is 5.15 Å². The van der Waals surface area contributed by atoms with Gasteiger partial charge in [-0.2, -0.15) is 0 Å². The highest BCUT2D eigenvalue weighted by molar-refractivity contribution is 6.32. The van der Waals surface area contributed by atoms with Gasteiger partial charge in [0.15, 0.2) is 11.0 Å². The summed E-state index contributed by atoms with van der Waals surface area (Å²) in [5.41, 5.74) is 0. The van der Waals surface area contributed by atoms with Crippen molar-refractivity contribution in [3.05, 3.63) is 28.3 Å². The topological polar surface area (TPSA) is 12.9 Å². The minimum Gasteiger partial charge on any atom is -0.221 e. The van der Waals surface area contributed by atoms with Crippen LogP contribution in [0, 0.1) is 11.9 Å². The first-order valence-corrected chi connectivity index (χ1v) is 2.85. The van der Waals surface area contributed by atoms with Crippen molar-refractivity contribution in [2.45, 2.75) is 0 Å². The van der Waals surface area contributed by atoms with Crippen LogP contribution in [0.3, 0.4) is 0 Å². The van der Waals surface area contributed by atoms with E-state index in [0.29, 0.717) is 0 Å². The van der Waals surface area contributed by atoms with Crippen molar-refractivity contribution in [1.29, 1.82) is 0 Å². The average molecular weight is 165 g/mol. The zero-order valence-corrected chi connectivity index (χ0v) is 5.67. The summed E-state index contributed by atoms with van der Waals surface area (Å²) in [5.74, 6) is -0.610. The first-order valence-electron chi connectivity index (χ1n) is 2.09. The summed E-state index contributed by atoms with van der Waals surface area (Å²) in [7, 11) is 0. The van der Waals surface area contributed by atoms with E-state index >= 15 is 0 Å². The number of halogens is 3. The Morgan fingerprint density at radius 3 is 2.67 bits per heavy atom. The molecule has 0 fully saturated rings. The SMILES string of the molecule is Fc1c[c]c(Cl)nc1Cl. The average Bonchev–Trinajstić information content (AvgIpc) is 1.80. The Balaban J connectivity index is 3.17. The van der Waals surface area contributed by atoms with Crippen LogP contribution < -0.4 is 0 Å². The Bertz CT molecular complexity index is 226. The molecule has 0 saturated carbocycles. The van der Waals surface area contributed by atoms with Gasteiger partial charge in [0.25, 0.3) is 0 Å². The van der Waals surface area contributed by atoms with Gasteiger partial charge in [-0.15, -0.1) is 0 Å². The second kappa shape index (κ2) is 2.50. The fraction of sp³-hybridized carbons (Fsp3) is 0. The summed E-state index contributed by atoms with van der Waals surface area (Å²) in [6, 6.07) is 3.37. The molecule has 1 rings (SSSR count). The Kier molecular flexibility index (Phi) is 1.88. The molecule has 9 heavy (non-hydrogen) atoms. The van der Waals surface area contributed by atoms with Crippen molar-refractivity contribution in [1.82, 2.24) is 4.98 Å². The smallest absolute Gasteiger partial charge is 0.166 e. The quantitative estimate of drug-likeness (QED) is 0.537. The predicted octanol–water partition coefficient (Wildman–Crippen LogP) is 2.33. The number of hydrogen-bond acceptors (Lipinski definition) is 1. The van der Waals surface area contributed by atoms with E-state index in [1.165, 1.54) is 0 Å². The van der Waals surface area contributed by atoms with Crippen molar-refractivity contribution in [2.75, 3.05) is 0 Å². The lowest BCUT2D eigenvalue weighted by molar-refractivity contribution is 0.621. The molecule has 1 radical (unpaired) electrons. The van der Waals surface area contributed by atoms with Gasteiger partial charge in [-0.3, -0.25) is 0 Å². The van der Waals surface area contributed by atoms with E-state index in [9.17, 15) is 4.39 Å². The standard InChI is InChI=1S/C5HCl2FN/c6-4-2-1-3(8)5(7)9-4/h1H. The van der Waals surface area contributed by atoms with Crippen molar-refractivity contribution in [3.8, 4) is 0 Å². The van der Waals surface area contributed by atoms with Crippen LogP contribution in [0.1, 0.15) is 0 Å². The molecule has 47 valence electrons. The highest BCUT2D eigenvalue weighted by Gasteiger charge is 1.99. The number of hydrogen-bond donors (Lipinski definition) is 0. The fourth-order valence-corrected chi connectivity index (χ4v) is 0.676. The minimum absolute atomic E-state index is 0.0707. The highest BCUT2D eigenvalue weighted by atomic mass is 35.5. The largest absolute Gasteiger partial charge is 0.221 e. The van der Waals surface area contributed by atoms with Gasteiger partial charge >= 0.3 is 0 Å². The third-order valence-electron chi connectivity index (χ3n) is 0.711. The molecule has 0 aliphatic rings. The first kappa shape index (κ1) is 6.78. The normalized spacial score (nSPS) is 9.67. The number of pyridine rings is 1. The Labute approximate surface area is 61.4 Å². The number of rotatable bonds is 0. The van der Waals surface area contributed by atoms with Crippen LogP contribution in [0.4, 0.5) is 4.39 Å². The fourth-order valence-electron chi connectivity index (χ4n) is 0.354. The summed E-state index contributed by atoms with van der Waals surface area (Å²) in [4.78, 5) is 3.37. The van der Waals surface area contributed by atoms with E-state index in [0.717, 1.165) is 6.07 Å². The van der Waals surface area contributed by atoms with Crippen LogP contribution in [-0.4, -0.2) is 4.98 Å². The van der Waals surface area contributed by atoms with E-state index in [1.807, 2.05) is 0 Å². The third-order valence-corrected chi connectivity index (χ3v) is 1.17. The molecule has 0 spiro atoms. The Hall–Kier alpha value is -0.340. The molecule has 0 aliphatic carbocycles. The molecule has 0 N–H and O–H groups in total. The molecule has 0 bridgehead atoms. The predicted molar refractivity (Wildman–Crippen MR) is 33.1 cm³/mol. The van der Waals surface area contributed by atoms with Crippen molar-refractivity contribution in [2.24, 2.45) is 0 Å². The maximum Gasteiger partial charge on any atom is 0.166 e. The van der Waals surface area contributed by atoms with Crippen LogP contribution in [0.15, 0.2) is 6.07 Å². The van der Waals surface area contributed by atoms with Crippen LogP contribution in [0.5, 0.6) is 0 Å². The lowest BCUT2D eigenvalue weighted by Crippen LogP contribution is -1.81. The molecular formula is C5HCl2FN. The molecule has 1 heterocycles. The van der Waals surface area contributed by atoms with E-state index in [2.05, 4.69) is 11.1 Å². The van der Waals surface area contributed by atoms with E-state index in [1.54, 1.807) is 0 Å². The van der Waals surface area contributed by atoms with Crippen LogP contribution in [0.2, 0.25) is 10.3 Å². The molecular weight excluding hydrogens is 164 g/mol. The summed E-state index contributed by atoms with van der Waals surface area (Å²) < 4.78 is 12.2. The van der Waals surface area contributed by atoms with Crippen LogP contribution >= 0.6 is 23.2 Å². The van der Waals surface area contributed by atoms with E-state index in [-0.39, 0.29) is 10.3 Å². The third kappa shape index (κ3) is 1.53. The monoisotopic (exact) mass is 164 g/mol.